The lowest BCUT2D eigenvalue weighted by atomic mass is 10.0. The molecule has 4 rings (SSSR count). The van der Waals surface area contributed by atoms with Gasteiger partial charge in [0.25, 0.3) is 0 Å². The second-order valence-electron chi connectivity index (χ2n) is 6.36. The van der Waals surface area contributed by atoms with Gasteiger partial charge in [-0.2, -0.15) is 0 Å². The van der Waals surface area contributed by atoms with E-state index in [0.29, 0.717) is 35.2 Å². The lowest BCUT2D eigenvalue weighted by molar-refractivity contribution is 0.000427. The lowest BCUT2D eigenvalue weighted by Crippen LogP contribution is -2.26. The van der Waals surface area contributed by atoms with Crippen molar-refractivity contribution in [3.63, 3.8) is 0 Å². The predicted molar refractivity (Wildman–Crippen MR) is 97.3 cm³/mol. The van der Waals surface area contributed by atoms with Gasteiger partial charge < -0.3 is 14.6 Å². The summed E-state index contributed by atoms with van der Waals surface area (Å²) in [6.45, 7) is 3.61. The molecule has 26 heavy (non-hydrogen) atoms. The Bertz CT molecular complexity index is 955. The number of thiophene rings is 1. The largest absolute Gasteiger partial charge is 0.464 e. The van der Waals surface area contributed by atoms with E-state index in [9.17, 15) is 9.90 Å². The molecule has 0 spiro atoms. The van der Waals surface area contributed by atoms with Crippen LogP contribution in [0.5, 0.6) is 5.75 Å². The lowest BCUT2D eigenvalue weighted by Gasteiger charge is -2.21. The summed E-state index contributed by atoms with van der Waals surface area (Å²) in [6, 6.07) is 1.78. The average Bonchev–Trinajstić information content (AvgIpc) is 3.20. The number of nitrogens with zero attached hydrogens (tertiary/aromatic N) is 3. The van der Waals surface area contributed by atoms with Crippen LogP contribution in [0.1, 0.15) is 19.8 Å². The van der Waals surface area contributed by atoms with Gasteiger partial charge >= 0.3 is 5.69 Å². The minimum atomic E-state index is -0.918. The summed E-state index contributed by atoms with van der Waals surface area (Å²) in [5.41, 5.74) is 1.42. The van der Waals surface area contributed by atoms with E-state index >= 15 is 0 Å². The summed E-state index contributed by atoms with van der Waals surface area (Å²) < 4.78 is 12.5. The van der Waals surface area contributed by atoms with Crippen molar-refractivity contribution in [1.82, 2.24) is 19.5 Å². The highest BCUT2D eigenvalue weighted by Gasteiger charge is 2.20. The molecule has 8 nitrogen and oxygen atoms in total. The van der Waals surface area contributed by atoms with Crippen LogP contribution in [0.4, 0.5) is 0 Å². The summed E-state index contributed by atoms with van der Waals surface area (Å²) in [5, 5.41) is 11.3. The van der Waals surface area contributed by atoms with Gasteiger partial charge in [-0.15, -0.1) is 11.3 Å². The van der Waals surface area contributed by atoms with E-state index < -0.39 is 6.29 Å². The van der Waals surface area contributed by atoms with Crippen LogP contribution in [0.3, 0.4) is 0 Å². The van der Waals surface area contributed by atoms with Gasteiger partial charge in [0.2, 0.25) is 0 Å². The highest BCUT2D eigenvalue weighted by molar-refractivity contribution is 7.14. The fraction of sp³-hybridized carbons (Fsp3) is 0.471. The van der Waals surface area contributed by atoms with Crippen molar-refractivity contribution in [2.24, 2.45) is 5.92 Å². The van der Waals surface area contributed by atoms with Crippen LogP contribution in [0.25, 0.3) is 21.9 Å². The first-order valence-corrected chi connectivity index (χ1v) is 9.45. The quantitative estimate of drug-likeness (QED) is 0.660. The standard InChI is InChI=1S/C17H20N4O4S/c1-10(22)25-13-4-7-26-14(13)12-8-18-15-16(19-12)21(17(23)20-15)9-11-2-5-24-6-3-11/h4,7-8,10-11,22H,2-3,5-6,9H2,1H3,(H,18,20,23). The van der Waals surface area contributed by atoms with E-state index in [1.807, 2.05) is 5.38 Å². The Labute approximate surface area is 153 Å². The number of H-pyrrole nitrogens is 1. The number of aliphatic hydroxyl groups is 1. The topological polar surface area (TPSA) is 102 Å². The molecule has 1 unspecified atom stereocenters. The Morgan fingerprint density at radius 2 is 2.31 bits per heavy atom. The first-order valence-electron chi connectivity index (χ1n) is 8.57. The fourth-order valence-electron chi connectivity index (χ4n) is 3.15. The summed E-state index contributed by atoms with van der Waals surface area (Å²) >= 11 is 1.45. The second-order valence-corrected chi connectivity index (χ2v) is 7.27. The summed E-state index contributed by atoms with van der Waals surface area (Å²) in [4.78, 5) is 24.9. The van der Waals surface area contributed by atoms with Crippen molar-refractivity contribution in [2.45, 2.75) is 32.6 Å². The molecule has 0 radical (unpaired) electrons. The third-order valence-electron chi connectivity index (χ3n) is 4.42. The molecule has 1 atom stereocenters. The Balaban J connectivity index is 1.71. The van der Waals surface area contributed by atoms with Crippen molar-refractivity contribution in [2.75, 3.05) is 13.2 Å². The molecule has 0 saturated carbocycles. The second kappa shape index (κ2) is 7.18. The molecule has 4 heterocycles. The van der Waals surface area contributed by atoms with E-state index in [1.165, 1.54) is 11.3 Å². The van der Waals surface area contributed by atoms with Crippen LogP contribution >= 0.6 is 11.3 Å². The number of aromatic nitrogens is 4. The van der Waals surface area contributed by atoms with E-state index in [2.05, 4.69) is 15.0 Å². The molecule has 0 bridgehead atoms. The van der Waals surface area contributed by atoms with Gasteiger partial charge in [-0.05, 0) is 37.1 Å². The molecule has 1 aliphatic rings. The van der Waals surface area contributed by atoms with Crippen molar-refractivity contribution in [1.29, 1.82) is 0 Å². The van der Waals surface area contributed by atoms with Crippen LogP contribution in [0.15, 0.2) is 22.4 Å². The number of aliphatic hydroxyl groups excluding tert-OH is 1. The number of hydrogen-bond donors (Lipinski definition) is 2. The minimum Gasteiger partial charge on any atom is -0.464 e. The number of hydrogen-bond acceptors (Lipinski definition) is 7. The molecule has 2 N–H and O–H groups in total. The molecule has 1 fully saturated rings. The third-order valence-corrected chi connectivity index (χ3v) is 5.34. The molecule has 138 valence electrons. The van der Waals surface area contributed by atoms with Gasteiger partial charge in [0.15, 0.2) is 17.6 Å². The van der Waals surface area contributed by atoms with Gasteiger partial charge in [0, 0.05) is 19.8 Å². The Morgan fingerprint density at radius 1 is 1.50 bits per heavy atom. The van der Waals surface area contributed by atoms with Crippen LogP contribution in [-0.2, 0) is 11.3 Å². The fourth-order valence-corrected chi connectivity index (χ4v) is 3.93. The number of imidazole rings is 1. The molecule has 3 aromatic rings. The van der Waals surface area contributed by atoms with Gasteiger partial charge in [-0.3, -0.25) is 9.55 Å². The Kier molecular flexibility index (Phi) is 4.75. The van der Waals surface area contributed by atoms with Crippen LogP contribution in [-0.4, -0.2) is 44.1 Å². The Hall–Kier alpha value is -2.23. The summed E-state index contributed by atoms with van der Waals surface area (Å²) in [7, 11) is 0. The maximum absolute atomic E-state index is 12.4. The Morgan fingerprint density at radius 3 is 3.08 bits per heavy atom. The number of aromatic amines is 1. The van der Waals surface area contributed by atoms with E-state index in [1.54, 1.807) is 23.8 Å². The molecule has 9 heteroatoms. The molecule has 1 saturated heterocycles. The number of fused-ring (bicyclic) bond motifs is 1. The molecule has 0 aliphatic carbocycles. The number of ether oxygens (including phenoxy) is 2. The van der Waals surface area contributed by atoms with Gasteiger partial charge in [0.1, 0.15) is 11.4 Å². The van der Waals surface area contributed by atoms with Crippen molar-refractivity contribution >= 4 is 22.6 Å². The summed E-state index contributed by atoms with van der Waals surface area (Å²) in [5.74, 6) is 0.939. The number of nitrogens with one attached hydrogen (secondary N) is 1. The minimum absolute atomic E-state index is 0.199. The van der Waals surface area contributed by atoms with Gasteiger partial charge in [-0.25, -0.2) is 14.8 Å². The van der Waals surface area contributed by atoms with E-state index in [0.717, 1.165) is 30.9 Å². The van der Waals surface area contributed by atoms with Crippen molar-refractivity contribution < 1.29 is 14.6 Å². The first-order chi connectivity index (χ1) is 12.6. The zero-order chi connectivity index (χ0) is 18.1. The molecular weight excluding hydrogens is 356 g/mol. The van der Waals surface area contributed by atoms with E-state index in [-0.39, 0.29) is 5.69 Å². The predicted octanol–water partition coefficient (Wildman–Crippen LogP) is 1.99. The zero-order valence-corrected chi connectivity index (χ0v) is 15.2. The average molecular weight is 376 g/mol. The maximum atomic E-state index is 12.4. The van der Waals surface area contributed by atoms with Gasteiger partial charge in [0.05, 0.1) is 11.1 Å². The normalized spacial score (nSPS) is 16.8. The molecule has 0 aromatic carbocycles. The van der Waals surface area contributed by atoms with Crippen molar-refractivity contribution in [3.8, 4) is 16.3 Å². The molecule has 0 amide bonds. The van der Waals surface area contributed by atoms with E-state index in [4.69, 9.17) is 9.47 Å². The smallest absolute Gasteiger partial charge is 0.328 e. The SMILES string of the molecule is CC(O)Oc1ccsc1-c1cnc2[nH]c(=O)n(CC3CCOCC3)c2n1. The molecular formula is C17H20N4O4S. The van der Waals surface area contributed by atoms with Crippen molar-refractivity contribution in [3.05, 3.63) is 28.1 Å². The highest BCUT2D eigenvalue weighted by atomic mass is 32.1. The van der Waals surface area contributed by atoms with Crippen LogP contribution in [0.2, 0.25) is 0 Å². The zero-order valence-electron chi connectivity index (χ0n) is 14.3. The van der Waals surface area contributed by atoms with Crippen LogP contribution in [0, 0.1) is 5.92 Å². The highest BCUT2D eigenvalue weighted by Crippen LogP contribution is 2.35. The first kappa shape index (κ1) is 17.2. The molecule has 1 aliphatic heterocycles. The van der Waals surface area contributed by atoms with Gasteiger partial charge in [-0.1, -0.05) is 0 Å². The maximum Gasteiger partial charge on any atom is 0.328 e. The van der Waals surface area contributed by atoms with Crippen LogP contribution < -0.4 is 10.4 Å². The number of rotatable bonds is 5. The summed E-state index contributed by atoms with van der Waals surface area (Å²) in [6.07, 6.45) is 2.56. The third kappa shape index (κ3) is 3.37. The monoisotopic (exact) mass is 376 g/mol. The molecule has 3 aromatic heterocycles.